The first-order valence-electron chi connectivity index (χ1n) is 14.9. The summed E-state index contributed by atoms with van der Waals surface area (Å²) in [5.41, 5.74) is 0.615. The third-order valence-electron chi connectivity index (χ3n) is 5.64. The van der Waals surface area contributed by atoms with Crippen LogP contribution in [0.3, 0.4) is 0 Å². The first kappa shape index (κ1) is 46.5. The number of aromatic nitrogens is 2. The first-order valence-corrected chi connectivity index (χ1v) is 21.3. The molecule has 4 N–H and O–H groups in total. The van der Waals surface area contributed by atoms with Crippen molar-refractivity contribution in [1.29, 1.82) is 0 Å². The van der Waals surface area contributed by atoms with E-state index in [1.165, 1.54) is 12.1 Å². The molecular formula is C31H42Cl2N5O11PS2. The van der Waals surface area contributed by atoms with Gasteiger partial charge in [-0.2, -0.15) is 13.1 Å². The summed E-state index contributed by atoms with van der Waals surface area (Å²) in [5.74, 6) is 0.652. The van der Waals surface area contributed by atoms with Gasteiger partial charge in [-0.25, -0.2) is 9.10 Å². The van der Waals surface area contributed by atoms with E-state index < -0.39 is 59.7 Å². The van der Waals surface area contributed by atoms with E-state index in [0.29, 0.717) is 39.5 Å². The number of hydrogen-bond acceptors (Lipinski definition) is 11. The summed E-state index contributed by atoms with van der Waals surface area (Å²) >= 11 is 12.2. The molecule has 0 fully saturated rings. The average Bonchev–Trinajstić information content (AvgIpc) is 3.37. The minimum absolute atomic E-state index is 0.0434. The van der Waals surface area contributed by atoms with Crippen molar-refractivity contribution in [1.82, 2.24) is 19.4 Å². The van der Waals surface area contributed by atoms with Crippen molar-refractivity contribution in [2.45, 2.75) is 46.1 Å². The summed E-state index contributed by atoms with van der Waals surface area (Å²) in [6.45, 7) is 8.53. The van der Waals surface area contributed by atoms with Gasteiger partial charge in [0, 0.05) is 17.5 Å². The van der Waals surface area contributed by atoms with Gasteiger partial charge in [0.2, 0.25) is 5.89 Å². The third-order valence-corrected chi connectivity index (χ3v) is 8.45. The number of nitrogens with one attached hydrogen (secondary N) is 2. The van der Waals surface area contributed by atoms with Crippen molar-refractivity contribution in [2.75, 3.05) is 42.9 Å². The fourth-order valence-corrected chi connectivity index (χ4v) is 5.97. The van der Waals surface area contributed by atoms with Crippen LogP contribution in [0.4, 0.5) is 5.69 Å². The number of ether oxygens (including phenoxy) is 1. The second-order valence-corrected chi connectivity index (χ2v) is 18.7. The molecule has 0 saturated carbocycles. The number of carbonyl (C=O) groups excluding carboxylic acids is 1. The number of rotatable bonds is 8. The number of aliphatic carboxylic acids is 1. The normalized spacial score (nSPS) is 14.2. The number of para-hydroxylation sites is 1. The molecule has 1 aromatic heterocycles. The number of carboxylic acids is 1. The first-order chi connectivity index (χ1) is 23.8. The van der Waals surface area contributed by atoms with Crippen LogP contribution >= 0.6 is 30.8 Å². The Morgan fingerprint density at radius 2 is 1.77 bits per heavy atom. The highest BCUT2D eigenvalue weighted by atomic mass is 35.5. The molecule has 288 valence electrons. The van der Waals surface area contributed by atoms with Crippen LogP contribution in [0.2, 0.25) is 10.0 Å². The summed E-state index contributed by atoms with van der Waals surface area (Å²) in [4.78, 5) is 51.8. The predicted molar refractivity (Wildman–Crippen MR) is 201 cm³/mol. The highest BCUT2D eigenvalue weighted by Crippen LogP contribution is 2.33. The Morgan fingerprint density at radius 3 is 2.25 bits per heavy atom. The molecule has 52 heavy (non-hydrogen) atoms. The van der Waals surface area contributed by atoms with Crippen LogP contribution in [0.1, 0.15) is 50.9 Å². The second-order valence-electron chi connectivity index (χ2n) is 12.3. The molecule has 1 atom stereocenters. The Labute approximate surface area is 315 Å². The maximum Gasteiger partial charge on any atom is 0.442 e. The van der Waals surface area contributed by atoms with Crippen molar-refractivity contribution in [3.8, 4) is 23.8 Å². The number of carbonyl (C=O) groups is 2. The van der Waals surface area contributed by atoms with E-state index in [-0.39, 0.29) is 16.7 Å². The zero-order valence-corrected chi connectivity index (χ0v) is 33.7. The molecule has 16 nitrogen and oxygen atoms in total. The second kappa shape index (κ2) is 20.1. The number of benzene rings is 2. The largest absolute Gasteiger partial charge is 0.778 e. The smallest absolute Gasteiger partial charge is 0.442 e. The molecule has 1 unspecified atom stereocenters. The Morgan fingerprint density at radius 1 is 1.19 bits per heavy atom. The monoisotopic (exact) mass is 825 g/mol. The summed E-state index contributed by atoms with van der Waals surface area (Å²) in [7, 11) is -7.46. The van der Waals surface area contributed by atoms with Crippen LogP contribution in [0.25, 0.3) is 5.69 Å². The topological polar surface area (TPSA) is 233 Å². The molecule has 0 spiro atoms. The predicted octanol–water partition coefficient (Wildman–Crippen LogP) is 3.31. The summed E-state index contributed by atoms with van der Waals surface area (Å²) in [5, 5.41) is 14.7. The molecule has 1 aliphatic heterocycles. The molecule has 0 radical (unpaired) electrons. The highest BCUT2D eigenvalue weighted by Gasteiger charge is 2.37. The zero-order chi connectivity index (χ0) is 40.2. The molecule has 2 heterocycles. The van der Waals surface area contributed by atoms with Gasteiger partial charge in [0.05, 0.1) is 58.6 Å². The Hall–Kier alpha value is -3.53. The van der Waals surface area contributed by atoms with Gasteiger partial charge in [-0.3, -0.25) is 19.6 Å². The maximum absolute atomic E-state index is 12.0. The Bertz CT molecular complexity index is 1950. The van der Waals surface area contributed by atoms with Crippen molar-refractivity contribution in [3.05, 3.63) is 68.4 Å². The van der Waals surface area contributed by atoms with E-state index in [4.69, 9.17) is 48.8 Å². The Balaban J connectivity index is 0.000000394. The van der Waals surface area contributed by atoms with Gasteiger partial charge >= 0.3 is 21.9 Å². The van der Waals surface area contributed by atoms with Gasteiger partial charge in [0.1, 0.15) is 20.0 Å². The molecule has 1 amide bonds. The van der Waals surface area contributed by atoms with Crippen molar-refractivity contribution < 1.29 is 46.6 Å². The number of nitrogens with zero attached hydrogens (tertiary/aromatic N) is 3. The quantitative estimate of drug-likeness (QED) is 0.145. The summed E-state index contributed by atoms with van der Waals surface area (Å²) < 4.78 is 48.3. The van der Waals surface area contributed by atoms with Crippen LogP contribution in [-0.4, -0.2) is 88.6 Å². The SMILES string of the molecule is C#CCOc1cc(-n2nc(C(C)(C)C)oc2=O)c(Cl)cc1Cl.CC(C)N1C(=O)c2ccccc2NS1(=O)=O.C[S+](C)C.O=C(O)CNCP(=O)([O-])O. The van der Waals surface area contributed by atoms with Gasteiger partial charge < -0.3 is 28.6 Å². The van der Waals surface area contributed by atoms with Gasteiger partial charge in [0.15, 0.2) is 0 Å². The van der Waals surface area contributed by atoms with Crippen LogP contribution in [-0.2, 0) is 35.9 Å². The van der Waals surface area contributed by atoms with E-state index in [2.05, 4.69) is 34.5 Å². The molecule has 0 bridgehead atoms. The lowest BCUT2D eigenvalue weighted by Gasteiger charge is -2.31. The van der Waals surface area contributed by atoms with Gasteiger partial charge in [-0.15, -0.1) is 11.5 Å². The number of halogens is 2. The van der Waals surface area contributed by atoms with E-state index in [0.717, 1.165) is 8.99 Å². The lowest BCUT2D eigenvalue weighted by atomic mass is 9.97. The van der Waals surface area contributed by atoms with E-state index in [1.807, 2.05) is 26.1 Å². The number of hydrogen-bond donors (Lipinski definition) is 4. The minimum atomic E-state index is -4.35. The summed E-state index contributed by atoms with van der Waals surface area (Å²) in [6.07, 6.45) is 11.0. The van der Waals surface area contributed by atoms with Gasteiger partial charge in [-0.1, -0.05) is 62.0 Å². The van der Waals surface area contributed by atoms with Crippen LogP contribution in [0.15, 0.2) is 45.6 Å². The van der Waals surface area contributed by atoms with E-state index in [9.17, 15) is 32.3 Å². The third kappa shape index (κ3) is 15.2. The van der Waals surface area contributed by atoms with Crippen molar-refractivity contribution >= 4 is 69.5 Å². The maximum atomic E-state index is 12.0. The summed E-state index contributed by atoms with van der Waals surface area (Å²) in [6, 6.07) is 9.12. The van der Waals surface area contributed by atoms with E-state index in [1.54, 1.807) is 38.1 Å². The molecule has 0 saturated heterocycles. The molecule has 1 aliphatic rings. The molecule has 3 aromatic rings. The zero-order valence-electron chi connectivity index (χ0n) is 29.7. The molecule has 2 aromatic carbocycles. The standard InChI is InChI=1S/C15H14Cl2N2O3.C10H12N2O3S.C3H8NO5P.C3H9S/c1-5-6-21-12-8-11(9(16)7-10(12)17)19-14(20)22-13(18-19)15(2,3)4;1-7(2)12-10(13)8-5-3-4-6-9(8)11-16(12,14)15;5-3(6)1-4-2-10(7,8)9;1-4(2)3/h1,7-8H,6H2,2-4H3;3-7,11H,1-2H3;4H,1-2H2,(H,5,6)(H2,7,8,9);1-3H3/q;;;+1/p-1. The fourth-order valence-electron chi connectivity index (χ4n) is 3.63. The van der Waals surface area contributed by atoms with Gasteiger partial charge in [0.25, 0.3) is 5.91 Å². The lowest BCUT2D eigenvalue weighted by molar-refractivity contribution is -0.193. The van der Waals surface area contributed by atoms with Crippen molar-refractivity contribution in [2.24, 2.45) is 0 Å². The number of terminal acetylenes is 1. The minimum Gasteiger partial charge on any atom is -0.778 e. The number of anilines is 1. The fraction of sp³-hybridized carbons (Fsp3) is 0.419. The van der Waals surface area contributed by atoms with Crippen LogP contribution in [0.5, 0.6) is 5.75 Å². The average molecular weight is 827 g/mol. The number of amides is 1. The highest BCUT2D eigenvalue weighted by molar-refractivity contribution is 7.94. The number of fused-ring (bicyclic) bond motifs is 1. The van der Waals surface area contributed by atoms with E-state index >= 15 is 0 Å². The van der Waals surface area contributed by atoms with Crippen LogP contribution < -0.4 is 25.4 Å². The van der Waals surface area contributed by atoms with Crippen molar-refractivity contribution in [3.63, 3.8) is 0 Å². The number of carboxylic acid groups (broad SMARTS) is 1. The molecule has 21 heteroatoms. The Kier molecular flexibility index (Phi) is 17.9. The van der Waals surface area contributed by atoms with Crippen LogP contribution in [0, 0.1) is 12.3 Å². The lowest BCUT2D eigenvalue weighted by Crippen LogP contribution is -2.48. The molecule has 4 rings (SSSR count). The van der Waals surface area contributed by atoms with Gasteiger partial charge in [-0.05, 0) is 42.9 Å². The molecule has 0 aliphatic carbocycles. The molecular weight excluding hydrogens is 784 g/mol.